The Morgan fingerprint density at radius 1 is 1.13 bits per heavy atom. The Morgan fingerprint density at radius 3 is 2.56 bits per heavy atom. The highest BCUT2D eigenvalue weighted by Crippen LogP contribution is 2.23. The van der Waals surface area contributed by atoms with E-state index in [0.717, 1.165) is 16.5 Å². The van der Waals surface area contributed by atoms with E-state index in [0.29, 0.717) is 45.2 Å². The van der Waals surface area contributed by atoms with Gasteiger partial charge in [0.15, 0.2) is 0 Å². The molecule has 1 saturated heterocycles. The summed E-state index contributed by atoms with van der Waals surface area (Å²) >= 11 is 0. The van der Waals surface area contributed by atoms with Gasteiger partial charge in [-0.05, 0) is 62.6 Å². The Labute approximate surface area is 229 Å². The molecule has 1 aromatic carbocycles. The van der Waals surface area contributed by atoms with Crippen LogP contribution in [0.1, 0.15) is 57.9 Å². The minimum atomic E-state index is -1.13. The summed E-state index contributed by atoms with van der Waals surface area (Å²) in [5, 5.41) is 16.0. The van der Waals surface area contributed by atoms with E-state index in [2.05, 4.69) is 15.6 Å². The van der Waals surface area contributed by atoms with E-state index in [1.54, 1.807) is 0 Å². The molecule has 3 amide bonds. The van der Waals surface area contributed by atoms with E-state index in [1.807, 2.05) is 44.3 Å². The molecule has 4 atom stereocenters. The van der Waals surface area contributed by atoms with Crippen LogP contribution in [0.4, 0.5) is 0 Å². The number of nitrogens with one attached hydrogen (secondary N) is 3. The first-order chi connectivity index (χ1) is 18.6. The average molecular weight is 543 g/mol. The number of benzene rings is 1. The van der Waals surface area contributed by atoms with Crippen LogP contribution >= 0.6 is 0 Å². The molecule has 4 unspecified atom stereocenters. The van der Waals surface area contributed by atoms with Crippen LogP contribution in [0.5, 0.6) is 0 Å². The van der Waals surface area contributed by atoms with Gasteiger partial charge in [0.1, 0.15) is 18.1 Å². The number of rotatable bonds is 14. The predicted molar refractivity (Wildman–Crippen MR) is 149 cm³/mol. The Morgan fingerprint density at radius 2 is 1.87 bits per heavy atom. The van der Waals surface area contributed by atoms with Crippen LogP contribution < -0.4 is 22.1 Å². The summed E-state index contributed by atoms with van der Waals surface area (Å²) in [6, 6.07) is 4.09. The maximum atomic E-state index is 13.9. The molecule has 2 aromatic rings. The largest absolute Gasteiger partial charge is 0.480 e. The third-order valence-corrected chi connectivity index (χ3v) is 7.18. The van der Waals surface area contributed by atoms with Crippen molar-refractivity contribution in [2.24, 2.45) is 17.4 Å². The lowest BCUT2D eigenvalue weighted by atomic mass is 10.0. The lowest BCUT2D eigenvalue weighted by Gasteiger charge is -2.30. The number of carbonyl (C=O) groups is 4. The molecule has 8 N–H and O–H groups in total. The van der Waals surface area contributed by atoms with Crippen molar-refractivity contribution in [2.75, 3.05) is 13.1 Å². The van der Waals surface area contributed by atoms with Crippen LogP contribution in [0, 0.1) is 5.92 Å². The number of aliphatic carboxylic acids is 1. The van der Waals surface area contributed by atoms with Crippen molar-refractivity contribution in [1.29, 1.82) is 0 Å². The number of para-hydroxylation sites is 1. The van der Waals surface area contributed by atoms with Gasteiger partial charge in [-0.1, -0.05) is 32.0 Å². The van der Waals surface area contributed by atoms with Crippen molar-refractivity contribution in [3.05, 3.63) is 36.0 Å². The molecule has 39 heavy (non-hydrogen) atoms. The van der Waals surface area contributed by atoms with E-state index < -0.39 is 47.9 Å². The fraction of sp³-hybridized carbons (Fsp3) is 0.571. The predicted octanol–water partition coefficient (Wildman–Crippen LogP) is 1.26. The Hall–Kier alpha value is -3.44. The molecule has 1 aliphatic heterocycles. The third-order valence-electron chi connectivity index (χ3n) is 7.18. The number of likely N-dealkylation sites (tertiary alicyclic amines) is 1. The van der Waals surface area contributed by atoms with Gasteiger partial charge in [-0.25, -0.2) is 4.79 Å². The molecule has 11 heteroatoms. The highest BCUT2D eigenvalue weighted by atomic mass is 16.4. The minimum Gasteiger partial charge on any atom is -0.480 e. The number of amides is 3. The van der Waals surface area contributed by atoms with Crippen LogP contribution in [-0.2, 0) is 25.6 Å². The van der Waals surface area contributed by atoms with Crippen molar-refractivity contribution >= 4 is 34.6 Å². The zero-order chi connectivity index (χ0) is 28.5. The molecule has 0 radical (unpaired) electrons. The highest BCUT2D eigenvalue weighted by Gasteiger charge is 2.39. The van der Waals surface area contributed by atoms with Crippen molar-refractivity contribution in [1.82, 2.24) is 20.5 Å². The van der Waals surface area contributed by atoms with Crippen LogP contribution in [0.15, 0.2) is 30.5 Å². The minimum absolute atomic E-state index is 0.201. The Balaban J connectivity index is 1.80. The third kappa shape index (κ3) is 8.03. The van der Waals surface area contributed by atoms with E-state index in [1.165, 1.54) is 4.90 Å². The molecule has 2 heterocycles. The second-order valence-electron chi connectivity index (χ2n) is 10.7. The normalized spacial score (nSPS) is 17.7. The lowest BCUT2D eigenvalue weighted by Crippen LogP contribution is -2.57. The van der Waals surface area contributed by atoms with Crippen molar-refractivity contribution in [3.8, 4) is 0 Å². The fourth-order valence-electron chi connectivity index (χ4n) is 5.14. The molecule has 214 valence electrons. The number of hydrogen-bond acceptors (Lipinski definition) is 6. The smallest absolute Gasteiger partial charge is 0.326 e. The van der Waals surface area contributed by atoms with Gasteiger partial charge < -0.3 is 37.1 Å². The molecule has 1 aliphatic rings. The summed E-state index contributed by atoms with van der Waals surface area (Å²) in [5.41, 5.74) is 13.4. The van der Waals surface area contributed by atoms with Gasteiger partial charge in [-0.3, -0.25) is 14.4 Å². The summed E-state index contributed by atoms with van der Waals surface area (Å²) in [5.74, 6) is -2.24. The first-order valence-electron chi connectivity index (χ1n) is 13.8. The molecule has 0 saturated carbocycles. The monoisotopic (exact) mass is 542 g/mol. The fourth-order valence-corrected chi connectivity index (χ4v) is 5.14. The van der Waals surface area contributed by atoms with Crippen LogP contribution in [-0.4, -0.2) is 75.9 Å². The second-order valence-corrected chi connectivity index (χ2v) is 10.7. The quantitative estimate of drug-likeness (QED) is 0.194. The van der Waals surface area contributed by atoms with E-state index >= 15 is 0 Å². The van der Waals surface area contributed by atoms with Gasteiger partial charge in [-0.2, -0.15) is 0 Å². The van der Waals surface area contributed by atoms with E-state index in [4.69, 9.17) is 11.5 Å². The van der Waals surface area contributed by atoms with Gasteiger partial charge >= 0.3 is 5.97 Å². The number of carboxylic acids is 1. The number of H-pyrrole nitrogens is 1. The summed E-state index contributed by atoms with van der Waals surface area (Å²) < 4.78 is 0. The van der Waals surface area contributed by atoms with Crippen molar-refractivity contribution in [2.45, 2.75) is 83.0 Å². The maximum absolute atomic E-state index is 13.9. The summed E-state index contributed by atoms with van der Waals surface area (Å²) in [6.45, 7) is 4.71. The molecule has 1 fully saturated rings. The summed E-state index contributed by atoms with van der Waals surface area (Å²) in [4.78, 5) is 56.4. The number of carboxylic acid groups (broad SMARTS) is 1. The number of aromatic amines is 1. The zero-order valence-electron chi connectivity index (χ0n) is 22.8. The van der Waals surface area contributed by atoms with Crippen LogP contribution in [0.3, 0.4) is 0 Å². The number of nitrogens with zero attached hydrogens (tertiary/aromatic N) is 1. The van der Waals surface area contributed by atoms with Crippen molar-refractivity contribution < 1.29 is 24.3 Å². The molecular formula is C28H42N6O5. The molecule has 0 bridgehead atoms. The van der Waals surface area contributed by atoms with Gasteiger partial charge in [0.05, 0.1) is 6.04 Å². The molecule has 11 nitrogen and oxygen atoms in total. The van der Waals surface area contributed by atoms with Crippen LogP contribution in [0.2, 0.25) is 0 Å². The van der Waals surface area contributed by atoms with Crippen LogP contribution in [0.25, 0.3) is 10.9 Å². The van der Waals surface area contributed by atoms with E-state index in [-0.39, 0.29) is 18.8 Å². The number of aromatic nitrogens is 1. The summed E-state index contributed by atoms with van der Waals surface area (Å²) in [7, 11) is 0. The first kappa shape index (κ1) is 30.1. The summed E-state index contributed by atoms with van der Waals surface area (Å²) in [6.07, 6.45) is 4.98. The molecule has 3 rings (SSSR count). The lowest BCUT2D eigenvalue weighted by molar-refractivity contribution is -0.145. The number of unbranched alkanes of at least 4 members (excludes halogenated alkanes) is 1. The zero-order valence-corrected chi connectivity index (χ0v) is 22.8. The number of nitrogens with two attached hydrogens (primary N) is 2. The SMILES string of the molecule is CC(C)CC(N)C(=O)NC(Cc1c[nH]c2ccccc12)C(=O)N1CCCC1C(=O)NC(CCCCN)C(=O)O. The Bertz CT molecular complexity index is 1150. The van der Waals surface area contributed by atoms with Gasteiger partial charge in [0.25, 0.3) is 0 Å². The van der Waals surface area contributed by atoms with Gasteiger partial charge in [0.2, 0.25) is 17.7 Å². The molecular weight excluding hydrogens is 500 g/mol. The number of fused-ring (bicyclic) bond motifs is 1. The molecule has 1 aromatic heterocycles. The molecule has 0 spiro atoms. The Kier molecular flexibility index (Phi) is 10.9. The maximum Gasteiger partial charge on any atom is 0.326 e. The molecule has 0 aliphatic carbocycles. The van der Waals surface area contributed by atoms with E-state index in [9.17, 15) is 24.3 Å². The topological polar surface area (TPSA) is 184 Å². The van der Waals surface area contributed by atoms with Gasteiger partial charge in [-0.15, -0.1) is 0 Å². The number of hydrogen-bond donors (Lipinski definition) is 6. The van der Waals surface area contributed by atoms with Crippen molar-refractivity contribution in [3.63, 3.8) is 0 Å². The van der Waals surface area contributed by atoms with Gasteiger partial charge in [0, 0.05) is 30.1 Å². The standard InChI is InChI=1S/C28H42N6O5/c1-17(2)14-20(30)25(35)33-23(15-18-16-31-21-9-4-3-8-19(18)21)27(37)34-13-7-11-24(34)26(36)32-22(28(38)39)10-5-6-12-29/h3-4,8-9,16-17,20,22-24,31H,5-7,10-15,29-30H2,1-2H3,(H,32,36)(H,33,35)(H,38,39). The number of carbonyl (C=O) groups excluding carboxylic acids is 3. The average Bonchev–Trinajstić information content (AvgIpc) is 3.54. The second kappa shape index (κ2) is 14.1. The highest BCUT2D eigenvalue weighted by molar-refractivity contribution is 5.95. The first-order valence-corrected chi connectivity index (χ1v) is 13.8.